The van der Waals surface area contributed by atoms with Gasteiger partial charge < -0.3 is 24.6 Å². The molecule has 2 saturated heterocycles. The summed E-state index contributed by atoms with van der Waals surface area (Å²) in [4.78, 5) is 17.2. The summed E-state index contributed by atoms with van der Waals surface area (Å²) in [6, 6.07) is 19.3. The number of aryl methyl sites for hydroxylation is 1. The van der Waals surface area contributed by atoms with Crippen LogP contribution < -0.4 is 10.2 Å². The van der Waals surface area contributed by atoms with Gasteiger partial charge in [-0.3, -0.25) is 4.79 Å². The zero-order chi connectivity index (χ0) is 23.6. The molecule has 2 heterocycles. The summed E-state index contributed by atoms with van der Waals surface area (Å²) in [6.07, 6.45) is 6.01. The number of nitrogens with zero attached hydrogens (tertiary/aromatic N) is 2. The number of anilines is 2. The Kier molecular flexibility index (Phi) is 9.36. The van der Waals surface area contributed by atoms with Crippen LogP contribution in [0.3, 0.4) is 0 Å². The standard InChI is InChI=1S/C28H39N3O3/c1-30(21-27-22-33-19-20-34-27)25-15-17-31(18-16-25)26-13-11-24(12-14-26)29-28(32)10-6-5-9-23-7-3-2-4-8-23/h2-4,7-8,11-14,25,27H,5-6,9-10,15-22H2,1H3,(H,29,32)/t27-/m0/s1. The number of amides is 1. The maximum atomic E-state index is 12.3. The number of ether oxygens (including phenoxy) is 2. The first-order valence-electron chi connectivity index (χ1n) is 12.8. The molecule has 1 amide bonds. The number of rotatable bonds is 10. The second-order valence-electron chi connectivity index (χ2n) is 9.51. The maximum absolute atomic E-state index is 12.3. The minimum absolute atomic E-state index is 0.0945. The Morgan fingerprint density at radius 2 is 1.79 bits per heavy atom. The second-order valence-corrected chi connectivity index (χ2v) is 9.51. The van der Waals surface area contributed by atoms with Gasteiger partial charge in [-0.1, -0.05) is 30.3 Å². The lowest BCUT2D eigenvalue weighted by Crippen LogP contribution is -2.47. The van der Waals surface area contributed by atoms with Crippen LogP contribution in [-0.2, 0) is 20.7 Å². The molecular formula is C28H39N3O3. The third kappa shape index (κ3) is 7.55. The first-order valence-corrected chi connectivity index (χ1v) is 12.8. The van der Waals surface area contributed by atoms with Crippen LogP contribution in [0.25, 0.3) is 0 Å². The van der Waals surface area contributed by atoms with Crippen LogP contribution in [0.5, 0.6) is 0 Å². The molecular weight excluding hydrogens is 426 g/mol. The van der Waals surface area contributed by atoms with Gasteiger partial charge in [-0.15, -0.1) is 0 Å². The van der Waals surface area contributed by atoms with E-state index in [0.717, 1.165) is 64.0 Å². The van der Waals surface area contributed by atoms with Gasteiger partial charge in [-0.25, -0.2) is 0 Å². The minimum atomic E-state index is 0.0945. The van der Waals surface area contributed by atoms with Crippen molar-refractivity contribution in [3.05, 3.63) is 60.2 Å². The third-order valence-corrected chi connectivity index (χ3v) is 6.94. The van der Waals surface area contributed by atoms with Crippen LogP contribution in [0.1, 0.15) is 37.7 Å². The van der Waals surface area contributed by atoms with E-state index < -0.39 is 0 Å². The Balaban J connectivity index is 1.15. The Labute approximate surface area is 204 Å². The fourth-order valence-corrected chi connectivity index (χ4v) is 4.92. The zero-order valence-corrected chi connectivity index (χ0v) is 20.5. The summed E-state index contributed by atoms with van der Waals surface area (Å²) in [7, 11) is 2.21. The lowest BCUT2D eigenvalue weighted by atomic mass is 10.0. The molecule has 6 nitrogen and oxygen atoms in total. The average Bonchev–Trinajstić information content (AvgIpc) is 2.88. The van der Waals surface area contributed by atoms with Crippen LogP contribution in [-0.4, -0.2) is 69.5 Å². The molecule has 1 atom stereocenters. The van der Waals surface area contributed by atoms with E-state index in [1.54, 1.807) is 0 Å². The highest BCUT2D eigenvalue weighted by molar-refractivity contribution is 5.90. The Bertz CT molecular complexity index is 860. The molecule has 0 saturated carbocycles. The van der Waals surface area contributed by atoms with E-state index in [4.69, 9.17) is 9.47 Å². The van der Waals surface area contributed by atoms with Crippen LogP contribution in [0.4, 0.5) is 11.4 Å². The molecule has 6 heteroatoms. The highest BCUT2D eigenvalue weighted by Gasteiger charge is 2.25. The van der Waals surface area contributed by atoms with Gasteiger partial charge in [-0.05, 0) is 69.0 Å². The van der Waals surface area contributed by atoms with Crippen molar-refractivity contribution in [2.45, 2.75) is 50.7 Å². The highest BCUT2D eigenvalue weighted by Crippen LogP contribution is 2.24. The molecule has 2 aliphatic rings. The van der Waals surface area contributed by atoms with Gasteiger partial charge in [-0.2, -0.15) is 0 Å². The molecule has 2 fully saturated rings. The lowest BCUT2D eigenvalue weighted by Gasteiger charge is -2.39. The molecule has 2 aromatic rings. The van der Waals surface area contributed by atoms with E-state index in [-0.39, 0.29) is 12.0 Å². The van der Waals surface area contributed by atoms with Crippen molar-refractivity contribution in [1.29, 1.82) is 0 Å². The number of nitrogens with one attached hydrogen (secondary N) is 1. The molecule has 0 radical (unpaired) electrons. The van der Waals surface area contributed by atoms with Crippen molar-refractivity contribution in [2.24, 2.45) is 0 Å². The lowest BCUT2D eigenvalue weighted by molar-refractivity contribution is -0.116. The van der Waals surface area contributed by atoms with Gasteiger partial charge in [0.1, 0.15) is 0 Å². The molecule has 184 valence electrons. The summed E-state index contributed by atoms with van der Waals surface area (Å²) < 4.78 is 11.3. The topological polar surface area (TPSA) is 54.0 Å². The summed E-state index contributed by atoms with van der Waals surface area (Å²) in [6.45, 7) is 5.16. The van der Waals surface area contributed by atoms with E-state index in [1.807, 2.05) is 18.2 Å². The normalized spacial score (nSPS) is 19.4. The smallest absolute Gasteiger partial charge is 0.224 e. The van der Waals surface area contributed by atoms with E-state index in [2.05, 4.69) is 58.6 Å². The first kappa shape index (κ1) is 24.7. The molecule has 1 N–H and O–H groups in total. The quantitative estimate of drug-likeness (QED) is 0.529. The highest BCUT2D eigenvalue weighted by atomic mass is 16.6. The fourth-order valence-electron chi connectivity index (χ4n) is 4.92. The van der Waals surface area contributed by atoms with Gasteiger partial charge in [0.05, 0.1) is 25.9 Å². The summed E-state index contributed by atoms with van der Waals surface area (Å²) in [5.74, 6) is 0.0945. The average molecular weight is 466 g/mol. The van der Waals surface area contributed by atoms with Crippen LogP contribution in [0.2, 0.25) is 0 Å². The van der Waals surface area contributed by atoms with Crippen molar-refractivity contribution in [3.63, 3.8) is 0 Å². The minimum Gasteiger partial charge on any atom is -0.376 e. The molecule has 0 unspecified atom stereocenters. The monoisotopic (exact) mass is 465 g/mol. The summed E-state index contributed by atoms with van der Waals surface area (Å²) in [5, 5.41) is 3.05. The summed E-state index contributed by atoms with van der Waals surface area (Å²) >= 11 is 0. The van der Waals surface area contributed by atoms with Gasteiger partial charge in [0, 0.05) is 43.5 Å². The van der Waals surface area contributed by atoms with Crippen molar-refractivity contribution in [3.8, 4) is 0 Å². The molecule has 0 aromatic heterocycles. The number of piperidine rings is 1. The fraction of sp³-hybridized carbons (Fsp3) is 0.536. The van der Waals surface area contributed by atoms with Crippen molar-refractivity contribution >= 4 is 17.3 Å². The molecule has 0 aliphatic carbocycles. The van der Waals surface area contributed by atoms with E-state index in [1.165, 1.54) is 11.3 Å². The molecule has 4 rings (SSSR count). The number of unbranched alkanes of at least 4 members (excludes halogenated alkanes) is 1. The predicted molar refractivity (Wildman–Crippen MR) is 137 cm³/mol. The molecule has 2 aliphatic heterocycles. The second kappa shape index (κ2) is 12.9. The summed E-state index contributed by atoms with van der Waals surface area (Å²) in [5.41, 5.74) is 3.44. The number of likely N-dealkylation sites (N-methyl/N-ethyl adjacent to an activating group) is 1. The zero-order valence-electron chi connectivity index (χ0n) is 20.5. The predicted octanol–water partition coefficient (Wildman–Crippen LogP) is 4.35. The molecule has 2 aromatic carbocycles. The van der Waals surface area contributed by atoms with Crippen molar-refractivity contribution in [1.82, 2.24) is 4.90 Å². The molecule has 0 bridgehead atoms. The van der Waals surface area contributed by atoms with Gasteiger partial charge in [0.2, 0.25) is 5.91 Å². The van der Waals surface area contributed by atoms with Gasteiger partial charge in [0.15, 0.2) is 0 Å². The van der Waals surface area contributed by atoms with E-state index in [9.17, 15) is 4.79 Å². The van der Waals surface area contributed by atoms with Gasteiger partial charge >= 0.3 is 0 Å². The number of hydrogen-bond donors (Lipinski definition) is 1. The number of benzene rings is 2. The van der Waals surface area contributed by atoms with Crippen LogP contribution >= 0.6 is 0 Å². The van der Waals surface area contributed by atoms with Crippen LogP contribution in [0, 0.1) is 0 Å². The van der Waals surface area contributed by atoms with Crippen LogP contribution in [0.15, 0.2) is 54.6 Å². The Morgan fingerprint density at radius 1 is 1.03 bits per heavy atom. The van der Waals surface area contributed by atoms with Crippen molar-refractivity contribution < 1.29 is 14.3 Å². The maximum Gasteiger partial charge on any atom is 0.224 e. The first-order chi connectivity index (χ1) is 16.7. The number of hydrogen-bond acceptors (Lipinski definition) is 5. The van der Waals surface area contributed by atoms with Crippen molar-refractivity contribution in [2.75, 3.05) is 56.7 Å². The number of carbonyl (C=O) groups is 1. The molecule has 0 spiro atoms. The third-order valence-electron chi connectivity index (χ3n) is 6.94. The van der Waals surface area contributed by atoms with Gasteiger partial charge in [0.25, 0.3) is 0 Å². The molecule has 34 heavy (non-hydrogen) atoms. The Morgan fingerprint density at radius 3 is 2.50 bits per heavy atom. The number of carbonyl (C=O) groups excluding carboxylic acids is 1. The van der Waals surface area contributed by atoms with E-state index >= 15 is 0 Å². The van der Waals surface area contributed by atoms with E-state index in [0.29, 0.717) is 25.7 Å². The largest absolute Gasteiger partial charge is 0.376 e. The Hall–Kier alpha value is -2.41. The SMILES string of the molecule is CN(C[C@H]1COCCO1)C1CCN(c2ccc(NC(=O)CCCCc3ccccc3)cc2)CC1.